The first-order valence-corrected chi connectivity index (χ1v) is 6.21. The summed E-state index contributed by atoms with van der Waals surface area (Å²) in [6.07, 6.45) is 0.470. The van der Waals surface area contributed by atoms with E-state index < -0.39 is 11.2 Å². The Morgan fingerprint density at radius 1 is 1.58 bits per heavy atom. The molecular weight excluding hydrogens is 267 g/mol. The third kappa shape index (κ3) is 3.20. The van der Waals surface area contributed by atoms with Crippen LogP contribution < -0.4 is 15.8 Å². The van der Waals surface area contributed by atoms with Crippen LogP contribution in [0.5, 0.6) is 5.75 Å². The number of amides is 1. The third-order valence-electron chi connectivity index (χ3n) is 3.16. The molecule has 1 amide bonds. The quantitative estimate of drug-likeness (QED) is 0.815. The molecule has 1 unspecified atom stereocenters. The second-order valence-corrected chi connectivity index (χ2v) is 4.79. The first-order chi connectivity index (χ1) is 8.85. The Morgan fingerprint density at radius 2 is 2.21 bits per heavy atom. The zero-order chi connectivity index (χ0) is 14.6. The van der Waals surface area contributed by atoms with E-state index in [1.54, 1.807) is 6.92 Å². The standard InChI is InChI=1S/C13H17FN2O2S/c1-4-13(2,11(15)19)12(17)16-9-6-5-8(14)7-10(9)18-3/h5-7H,4H2,1-3H3,(H2,15,19)(H,16,17). The van der Waals surface area contributed by atoms with Gasteiger partial charge in [-0.1, -0.05) is 19.1 Å². The molecule has 0 saturated heterocycles. The van der Waals surface area contributed by atoms with Crippen LogP contribution >= 0.6 is 12.2 Å². The Bertz CT molecular complexity index is 507. The molecule has 19 heavy (non-hydrogen) atoms. The maximum Gasteiger partial charge on any atom is 0.237 e. The van der Waals surface area contributed by atoms with Crippen LogP contribution in [0.1, 0.15) is 20.3 Å². The SMILES string of the molecule is CCC(C)(C(=O)Nc1ccc(F)cc1OC)C(N)=S. The van der Waals surface area contributed by atoms with Crippen molar-refractivity contribution in [2.75, 3.05) is 12.4 Å². The van der Waals surface area contributed by atoms with Crippen molar-refractivity contribution in [3.63, 3.8) is 0 Å². The minimum atomic E-state index is -0.950. The number of nitrogens with one attached hydrogen (secondary N) is 1. The molecule has 0 radical (unpaired) electrons. The molecular formula is C13H17FN2O2S. The van der Waals surface area contributed by atoms with E-state index >= 15 is 0 Å². The monoisotopic (exact) mass is 284 g/mol. The Balaban J connectivity index is 3.03. The highest BCUT2D eigenvalue weighted by molar-refractivity contribution is 7.80. The lowest BCUT2D eigenvalue weighted by atomic mass is 9.86. The largest absolute Gasteiger partial charge is 0.494 e. The molecule has 4 nitrogen and oxygen atoms in total. The smallest absolute Gasteiger partial charge is 0.237 e. The summed E-state index contributed by atoms with van der Waals surface area (Å²) in [4.78, 5) is 12.4. The summed E-state index contributed by atoms with van der Waals surface area (Å²) in [7, 11) is 1.40. The van der Waals surface area contributed by atoms with E-state index in [0.29, 0.717) is 12.1 Å². The summed E-state index contributed by atoms with van der Waals surface area (Å²) in [6.45, 7) is 3.49. The number of carbonyl (C=O) groups excluding carboxylic acids is 1. The van der Waals surface area contributed by atoms with Gasteiger partial charge in [0.15, 0.2) is 0 Å². The van der Waals surface area contributed by atoms with Crippen molar-refractivity contribution in [1.82, 2.24) is 0 Å². The number of rotatable bonds is 5. The zero-order valence-electron chi connectivity index (χ0n) is 11.1. The van der Waals surface area contributed by atoms with Gasteiger partial charge in [-0.05, 0) is 25.5 Å². The Labute approximate surface area is 117 Å². The fraction of sp³-hybridized carbons (Fsp3) is 0.385. The van der Waals surface area contributed by atoms with Crippen molar-refractivity contribution < 1.29 is 13.9 Å². The Hall–Kier alpha value is -1.69. The number of benzene rings is 1. The average molecular weight is 284 g/mol. The number of halogens is 1. The molecule has 0 aliphatic heterocycles. The Morgan fingerprint density at radius 3 is 2.68 bits per heavy atom. The summed E-state index contributed by atoms with van der Waals surface area (Å²) in [5, 5.41) is 2.66. The molecule has 0 aliphatic rings. The van der Waals surface area contributed by atoms with Gasteiger partial charge in [0.05, 0.1) is 23.2 Å². The van der Waals surface area contributed by atoms with Crippen LogP contribution in [0, 0.1) is 11.2 Å². The maximum atomic E-state index is 13.1. The van der Waals surface area contributed by atoms with E-state index in [2.05, 4.69) is 5.32 Å². The molecule has 1 aromatic rings. The fourth-order valence-electron chi connectivity index (χ4n) is 1.48. The van der Waals surface area contributed by atoms with Crippen LogP contribution in [0.4, 0.5) is 10.1 Å². The molecule has 0 heterocycles. The lowest BCUT2D eigenvalue weighted by Gasteiger charge is -2.25. The number of anilines is 1. The summed E-state index contributed by atoms with van der Waals surface area (Å²) < 4.78 is 18.1. The number of hydrogen-bond donors (Lipinski definition) is 2. The number of hydrogen-bond acceptors (Lipinski definition) is 3. The molecule has 0 bridgehead atoms. The summed E-state index contributed by atoms with van der Waals surface area (Å²) >= 11 is 4.93. The van der Waals surface area contributed by atoms with Crippen molar-refractivity contribution in [2.45, 2.75) is 20.3 Å². The molecule has 1 atom stereocenters. The van der Waals surface area contributed by atoms with Gasteiger partial charge in [0.1, 0.15) is 11.6 Å². The van der Waals surface area contributed by atoms with Crippen LogP contribution in [-0.2, 0) is 4.79 Å². The van der Waals surface area contributed by atoms with Gasteiger partial charge in [0, 0.05) is 6.07 Å². The van der Waals surface area contributed by atoms with E-state index in [0.717, 1.165) is 0 Å². The molecule has 0 spiro atoms. The van der Waals surface area contributed by atoms with Crippen LogP contribution in [-0.4, -0.2) is 18.0 Å². The molecule has 0 aliphatic carbocycles. The number of nitrogens with two attached hydrogens (primary N) is 1. The van der Waals surface area contributed by atoms with Crippen molar-refractivity contribution in [1.29, 1.82) is 0 Å². The van der Waals surface area contributed by atoms with Crippen molar-refractivity contribution in [3.8, 4) is 5.75 Å². The van der Waals surface area contributed by atoms with Gasteiger partial charge in [0.2, 0.25) is 5.91 Å². The predicted octanol–water partition coefficient (Wildman–Crippen LogP) is 2.48. The van der Waals surface area contributed by atoms with Crippen LogP contribution in [0.2, 0.25) is 0 Å². The van der Waals surface area contributed by atoms with E-state index in [1.807, 2.05) is 6.92 Å². The first kappa shape index (κ1) is 15.4. The molecule has 1 aromatic carbocycles. The lowest BCUT2D eigenvalue weighted by Crippen LogP contribution is -2.43. The second-order valence-electron chi connectivity index (χ2n) is 4.35. The third-order valence-corrected chi connectivity index (χ3v) is 3.61. The molecule has 6 heteroatoms. The van der Waals surface area contributed by atoms with Crippen molar-refractivity contribution in [3.05, 3.63) is 24.0 Å². The summed E-state index contributed by atoms with van der Waals surface area (Å²) in [6, 6.07) is 3.86. The van der Waals surface area contributed by atoms with Gasteiger partial charge < -0.3 is 15.8 Å². The van der Waals surface area contributed by atoms with Crippen LogP contribution in [0.25, 0.3) is 0 Å². The highest BCUT2D eigenvalue weighted by atomic mass is 32.1. The predicted molar refractivity (Wildman–Crippen MR) is 76.8 cm³/mol. The number of carbonyl (C=O) groups is 1. The molecule has 1 rings (SSSR count). The first-order valence-electron chi connectivity index (χ1n) is 5.80. The van der Waals surface area contributed by atoms with Crippen molar-refractivity contribution >= 4 is 28.8 Å². The van der Waals surface area contributed by atoms with Gasteiger partial charge in [-0.2, -0.15) is 0 Å². The average Bonchev–Trinajstić information content (AvgIpc) is 2.39. The minimum Gasteiger partial charge on any atom is -0.494 e. The summed E-state index contributed by atoms with van der Waals surface area (Å²) in [5.41, 5.74) is 5.04. The number of methoxy groups -OCH3 is 1. The number of thiocarbonyl (C=S) groups is 1. The van der Waals surface area contributed by atoms with E-state index in [9.17, 15) is 9.18 Å². The van der Waals surface area contributed by atoms with E-state index in [1.165, 1.54) is 25.3 Å². The van der Waals surface area contributed by atoms with E-state index in [4.69, 9.17) is 22.7 Å². The topological polar surface area (TPSA) is 64.3 Å². The molecule has 104 valence electrons. The van der Waals surface area contributed by atoms with Gasteiger partial charge in [-0.25, -0.2) is 4.39 Å². The fourth-order valence-corrected chi connectivity index (χ4v) is 1.71. The van der Waals surface area contributed by atoms with E-state index in [-0.39, 0.29) is 16.6 Å². The van der Waals surface area contributed by atoms with Gasteiger partial charge in [-0.3, -0.25) is 4.79 Å². The minimum absolute atomic E-state index is 0.119. The molecule has 3 N–H and O–H groups in total. The van der Waals surface area contributed by atoms with Gasteiger partial charge in [-0.15, -0.1) is 0 Å². The number of ether oxygens (including phenoxy) is 1. The van der Waals surface area contributed by atoms with Gasteiger partial charge >= 0.3 is 0 Å². The zero-order valence-corrected chi connectivity index (χ0v) is 11.9. The maximum absolute atomic E-state index is 13.1. The molecule has 0 fully saturated rings. The highest BCUT2D eigenvalue weighted by Crippen LogP contribution is 2.29. The normalized spacial score (nSPS) is 13.5. The molecule has 0 aromatic heterocycles. The Kier molecular flexibility index (Phi) is 4.83. The lowest BCUT2D eigenvalue weighted by molar-refractivity contribution is -0.121. The van der Waals surface area contributed by atoms with Gasteiger partial charge in [0.25, 0.3) is 0 Å². The van der Waals surface area contributed by atoms with Crippen molar-refractivity contribution in [2.24, 2.45) is 11.1 Å². The summed E-state index contributed by atoms with van der Waals surface area (Å²) in [5.74, 6) is -0.537. The van der Waals surface area contributed by atoms with Crippen LogP contribution in [0.3, 0.4) is 0 Å². The highest BCUT2D eigenvalue weighted by Gasteiger charge is 2.35. The van der Waals surface area contributed by atoms with Crippen LogP contribution in [0.15, 0.2) is 18.2 Å². The second kappa shape index (κ2) is 5.97. The molecule has 0 saturated carbocycles.